The zero-order valence-electron chi connectivity index (χ0n) is 22.1. The Hall–Kier alpha value is -2.88. The minimum absolute atomic E-state index is 0.109. The van der Waals surface area contributed by atoms with Gasteiger partial charge in [-0.1, -0.05) is 26.0 Å². The first-order valence-corrected chi connectivity index (χ1v) is 14.1. The number of nitrogens with zero attached hydrogens (tertiary/aromatic N) is 5. The van der Waals surface area contributed by atoms with Gasteiger partial charge in [-0.3, -0.25) is 9.69 Å². The highest BCUT2D eigenvalue weighted by Gasteiger charge is 2.36. The van der Waals surface area contributed by atoms with Gasteiger partial charge in [-0.25, -0.2) is 4.68 Å². The summed E-state index contributed by atoms with van der Waals surface area (Å²) < 4.78 is 7.98. The van der Waals surface area contributed by atoms with Crippen molar-refractivity contribution in [2.75, 3.05) is 13.2 Å². The Kier molecular flexibility index (Phi) is 7.55. The van der Waals surface area contributed by atoms with Crippen LogP contribution in [0.5, 0.6) is 0 Å². The van der Waals surface area contributed by atoms with Gasteiger partial charge in [-0.15, -0.1) is 16.4 Å². The molecule has 1 fully saturated rings. The van der Waals surface area contributed by atoms with Gasteiger partial charge in [0, 0.05) is 35.7 Å². The predicted octanol–water partition coefficient (Wildman–Crippen LogP) is 5.05. The van der Waals surface area contributed by atoms with Gasteiger partial charge in [0.15, 0.2) is 5.82 Å². The molecule has 0 aliphatic carbocycles. The monoisotopic (exact) mass is 520 g/mol. The van der Waals surface area contributed by atoms with E-state index in [1.807, 2.05) is 16.8 Å². The molecule has 1 aliphatic heterocycles. The molecular weight excluding hydrogens is 484 g/mol. The van der Waals surface area contributed by atoms with Crippen LogP contribution in [-0.2, 0) is 23.2 Å². The lowest BCUT2D eigenvalue weighted by Crippen LogP contribution is -2.41. The van der Waals surface area contributed by atoms with Crippen LogP contribution in [-0.4, -0.2) is 49.3 Å². The normalized spacial score (nSPS) is 17.2. The van der Waals surface area contributed by atoms with Crippen molar-refractivity contribution >= 4 is 22.2 Å². The molecule has 0 bridgehead atoms. The number of thiophene rings is 1. The van der Waals surface area contributed by atoms with Gasteiger partial charge < -0.3 is 9.72 Å². The Morgan fingerprint density at radius 3 is 2.84 bits per heavy atom. The molecule has 0 amide bonds. The first kappa shape index (κ1) is 25.8. The number of pyridine rings is 1. The lowest BCUT2D eigenvalue weighted by atomic mass is 9.98. The van der Waals surface area contributed by atoms with E-state index in [1.165, 1.54) is 10.4 Å². The molecule has 4 aromatic rings. The maximum Gasteiger partial charge on any atom is 0.253 e. The fraction of sp³-hybridized carbons (Fsp3) is 0.500. The molecule has 5 rings (SSSR count). The summed E-state index contributed by atoms with van der Waals surface area (Å²) in [6, 6.07) is 12.0. The van der Waals surface area contributed by atoms with Crippen LogP contribution in [0.1, 0.15) is 74.8 Å². The highest BCUT2D eigenvalue weighted by atomic mass is 32.1. The summed E-state index contributed by atoms with van der Waals surface area (Å²) in [7, 11) is 0. The third kappa shape index (κ3) is 5.39. The molecule has 1 aliphatic rings. The van der Waals surface area contributed by atoms with Gasteiger partial charge in [0.25, 0.3) is 5.56 Å². The van der Waals surface area contributed by atoms with Gasteiger partial charge in [0.1, 0.15) is 6.04 Å². The number of rotatable bonds is 10. The maximum absolute atomic E-state index is 13.7. The Morgan fingerprint density at radius 2 is 2.14 bits per heavy atom. The highest BCUT2D eigenvalue weighted by molar-refractivity contribution is 7.09. The lowest BCUT2D eigenvalue weighted by Gasteiger charge is -2.34. The number of tetrazole rings is 1. The van der Waals surface area contributed by atoms with Crippen LogP contribution in [0.2, 0.25) is 0 Å². The number of nitrogens with one attached hydrogen (secondary N) is 1. The van der Waals surface area contributed by atoms with Gasteiger partial charge in [-0.05, 0) is 90.6 Å². The summed E-state index contributed by atoms with van der Waals surface area (Å²) in [4.78, 5) is 20.4. The van der Waals surface area contributed by atoms with Crippen LogP contribution in [0, 0.1) is 0 Å². The summed E-state index contributed by atoms with van der Waals surface area (Å²) in [5, 5.41) is 16.2. The van der Waals surface area contributed by atoms with Crippen molar-refractivity contribution in [1.29, 1.82) is 0 Å². The smallest absolute Gasteiger partial charge is 0.253 e. The molecule has 0 radical (unpaired) electrons. The molecule has 1 aromatic carbocycles. The summed E-state index contributed by atoms with van der Waals surface area (Å²) in [6.07, 6.45) is 3.95. The van der Waals surface area contributed by atoms with E-state index < -0.39 is 6.04 Å². The second-order valence-electron chi connectivity index (χ2n) is 10.5. The number of benzene rings is 1. The van der Waals surface area contributed by atoms with Crippen molar-refractivity contribution in [3.8, 4) is 0 Å². The third-order valence-corrected chi connectivity index (χ3v) is 8.44. The quantitative estimate of drug-likeness (QED) is 0.315. The molecule has 9 heteroatoms. The molecule has 8 nitrogen and oxygen atoms in total. The number of hydrogen-bond donors (Lipinski definition) is 1. The molecule has 1 N–H and O–H groups in total. The summed E-state index contributed by atoms with van der Waals surface area (Å²) in [5.74, 6) is 0.679. The van der Waals surface area contributed by atoms with Crippen LogP contribution in [0.15, 0.2) is 46.6 Å². The molecule has 2 atom stereocenters. The molecule has 37 heavy (non-hydrogen) atoms. The lowest BCUT2D eigenvalue weighted by molar-refractivity contribution is 0.0566. The number of hydrogen-bond acceptors (Lipinski definition) is 7. The first-order valence-electron chi connectivity index (χ1n) is 13.2. The number of aryl methyl sites for hydroxylation is 1. The van der Waals surface area contributed by atoms with E-state index in [4.69, 9.17) is 4.74 Å². The number of H-pyrrole nitrogens is 1. The SMILES string of the molecule is CCc1ccc2[nH]c(=O)c([C@@H](c3nnnn3C(C)(C)CC)N(Cc3cccs3)C[C@H]3CCCO3)cc2c1. The Bertz CT molecular complexity index is 1390. The van der Waals surface area contributed by atoms with E-state index in [9.17, 15) is 4.79 Å². The minimum Gasteiger partial charge on any atom is -0.377 e. The molecule has 0 unspecified atom stereocenters. The van der Waals surface area contributed by atoms with E-state index in [2.05, 4.69) is 82.7 Å². The van der Waals surface area contributed by atoms with Crippen LogP contribution in [0.25, 0.3) is 10.9 Å². The fourth-order valence-electron chi connectivity index (χ4n) is 5.05. The zero-order chi connectivity index (χ0) is 26.0. The summed E-state index contributed by atoms with van der Waals surface area (Å²) in [5.41, 5.74) is 2.29. The molecule has 1 saturated heterocycles. The van der Waals surface area contributed by atoms with Gasteiger partial charge in [0.2, 0.25) is 0 Å². The van der Waals surface area contributed by atoms with Crippen molar-refractivity contribution in [3.63, 3.8) is 0 Å². The van der Waals surface area contributed by atoms with Crippen LogP contribution >= 0.6 is 11.3 Å². The third-order valence-electron chi connectivity index (χ3n) is 7.58. The largest absolute Gasteiger partial charge is 0.377 e. The average molecular weight is 521 g/mol. The molecular formula is C28H36N6O2S. The van der Waals surface area contributed by atoms with Crippen LogP contribution in [0.3, 0.4) is 0 Å². The second kappa shape index (κ2) is 10.8. The van der Waals surface area contributed by atoms with Crippen molar-refractivity contribution in [3.05, 3.63) is 74.0 Å². The minimum atomic E-state index is -0.439. The van der Waals surface area contributed by atoms with E-state index in [0.29, 0.717) is 24.5 Å². The molecule has 4 heterocycles. The number of aromatic nitrogens is 5. The number of fused-ring (bicyclic) bond motifs is 1. The standard InChI is InChI=1S/C28H36N6O2S/c1-5-19-11-12-24-20(15-19)16-23(27(35)29-24)25(26-30-31-32-34(26)28(3,4)6-2)33(17-21-9-7-13-36-21)18-22-10-8-14-37-22/h8,10-12,14-16,21,25H,5-7,9,13,17-18H2,1-4H3,(H,29,35)/t21-,25+/m1/s1. The molecule has 3 aromatic heterocycles. The van der Waals surface area contributed by atoms with Crippen LogP contribution < -0.4 is 5.56 Å². The first-order chi connectivity index (χ1) is 17.9. The van der Waals surface area contributed by atoms with Crippen molar-refractivity contribution in [2.45, 2.75) is 77.6 Å². The molecule has 0 saturated carbocycles. The summed E-state index contributed by atoms with van der Waals surface area (Å²) in [6.45, 7) is 10.7. The highest BCUT2D eigenvalue weighted by Crippen LogP contribution is 2.33. The molecule has 0 spiro atoms. The second-order valence-corrected chi connectivity index (χ2v) is 11.5. The van der Waals surface area contributed by atoms with Crippen molar-refractivity contribution in [2.24, 2.45) is 0 Å². The predicted molar refractivity (Wildman–Crippen MR) is 147 cm³/mol. The van der Waals surface area contributed by atoms with Gasteiger partial charge in [0.05, 0.1) is 11.6 Å². The fourth-order valence-corrected chi connectivity index (χ4v) is 5.78. The topological polar surface area (TPSA) is 88.9 Å². The zero-order valence-corrected chi connectivity index (χ0v) is 22.9. The Labute approximate surface area is 221 Å². The Balaban J connectivity index is 1.70. The van der Waals surface area contributed by atoms with E-state index >= 15 is 0 Å². The van der Waals surface area contributed by atoms with E-state index in [0.717, 1.165) is 43.2 Å². The Morgan fingerprint density at radius 1 is 1.27 bits per heavy atom. The number of aromatic amines is 1. The van der Waals surface area contributed by atoms with E-state index in [-0.39, 0.29) is 17.2 Å². The average Bonchev–Trinajstić information content (AvgIpc) is 3.68. The van der Waals surface area contributed by atoms with Crippen molar-refractivity contribution in [1.82, 2.24) is 30.1 Å². The van der Waals surface area contributed by atoms with E-state index in [1.54, 1.807) is 11.3 Å². The van der Waals surface area contributed by atoms with Crippen LogP contribution in [0.4, 0.5) is 0 Å². The van der Waals surface area contributed by atoms with Gasteiger partial charge in [-0.2, -0.15) is 0 Å². The molecule has 196 valence electrons. The summed E-state index contributed by atoms with van der Waals surface area (Å²) >= 11 is 1.72. The number of ether oxygens (including phenoxy) is 1. The van der Waals surface area contributed by atoms with Crippen molar-refractivity contribution < 1.29 is 4.74 Å². The maximum atomic E-state index is 13.7. The van der Waals surface area contributed by atoms with Gasteiger partial charge >= 0.3 is 0 Å².